The lowest BCUT2D eigenvalue weighted by molar-refractivity contribution is 0.200. The fraction of sp³-hybridized carbons (Fsp3) is 0.455. The van der Waals surface area contributed by atoms with Crippen LogP contribution in [0.4, 0.5) is 10.1 Å². The van der Waals surface area contributed by atoms with Crippen molar-refractivity contribution in [3.05, 3.63) is 23.0 Å². The van der Waals surface area contributed by atoms with Crippen LogP contribution >= 0.6 is 11.6 Å². The highest BCUT2D eigenvalue weighted by atomic mass is 35.5. The monoisotopic (exact) mass is 307 g/mol. The van der Waals surface area contributed by atoms with E-state index < -0.39 is 15.8 Å². The van der Waals surface area contributed by atoms with E-state index >= 15 is 0 Å². The highest BCUT2D eigenvalue weighted by Crippen LogP contribution is 2.26. The number of sulfonamides is 1. The Hall–Kier alpha value is -0.890. The fourth-order valence-corrected chi connectivity index (χ4v) is 3.63. The maximum Gasteiger partial charge on any atom is 0.255 e. The third-order valence-corrected chi connectivity index (χ3v) is 4.79. The number of nitrogens with zero attached hydrogens (tertiary/aromatic N) is 1. The molecule has 0 saturated carbocycles. The molecule has 8 heteroatoms. The Morgan fingerprint density at radius 3 is 2.53 bits per heavy atom. The highest BCUT2D eigenvalue weighted by molar-refractivity contribution is 7.89. The van der Waals surface area contributed by atoms with E-state index in [1.54, 1.807) is 5.01 Å². The second-order valence-corrected chi connectivity index (χ2v) is 6.48. The van der Waals surface area contributed by atoms with Gasteiger partial charge in [-0.05, 0) is 25.0 Å². The number of nitrogen functional groups attached to an aromatic ring is 1. The largest absolute Gasteiger partial charge is 0.396 e. The van der Waals surface area contributed by atoms with Gasteiger partial charge in [0.1, 0.15) is 10.7 Å². The minimum atomic E-state index is -3.83. The van der Waals surface area contributed by atoms with Crippen LogP contribution in [0.2, 0.25) is 5.02 Å². The minimum Gasteiger partial charge on any atom is -0.396 e. The number of halogens is 2. The van der Waals surface area contributed by atoms with Crippen LogP contribution in [-0.4, -0.2) is 26.5 Å². The molecule has 3 N–H and O–H groups in total. The predicted molar refractivity (Wildman–Crippen MR) is 71.6 cm³/mol. The molecule has 0 aliphatic carbocycles. The summed E-state index contributed by atoms with van der Waals surface area (Å²) in [5.41, 5.74) is 5.13. The Morgan fingerprint density at radius 1 is 1.26 bits per heavy atom. The molecular formula is C11H15ClFN3O2S. The summed E-state index contributed by atoms with van der Waals surface area (Å²) in [6.07, 6.45) is 2.95. The molecular weight excluding hydrogens is 293 g/mol. The summed E-state index contributed by atoms with van der Waals surface area (Å²) in [5, 5.41) is 1.44. The summed E-state index contributed by atoms with van der Waals surface area (Å²) in [4.78, 5) is 2.23. The van der Waals surface area contributed by atoms with Gasteiger partial charge >= 0.3 is 0 Å². The molecule has 0 spiro atoms. The van der Waals surface area contributed by atoms with Crippen molar-refractivity contribution in [2.75, 3.05) is 18.8 Å². The quantitative estimate of drug-likeness (QED) is 0.834. The Morgan fingerprint density at radius 2 is 1.89 bits per heavy atom. The first-order valence-electron chi connectivity index (χ1n) is 5.92. The van der Waals surface area contributed by atoms with Crippen molar-refractivity contribution < 1.29 is 12.8 Å². The SMILES string of the molecule is Nc1cc(S(=O)(=O)NN2CCCCC2)c(Cl)cc1F. The van der Waals surface area contributed by atoms with Crippen LogP contribution in [-0.2, 0) is 10.0 Å². The first-order valence-corrected chi connectivity index (χ1v) is 7.78. The Kier molecular flexibility index (Phi) is 4.29. The second-order valence-electron chi connectivity index (χ2n) is 4.45. The van der Waals surface area contributed by atoms with E-state index in [0.29, 0.717) is 13.1 Å². The maximum absolute atomic E-state index is 13.2. The minimum absolute atomic E-state index is 0.184. The first-order chi connectivity index (χ1) is 8.90. The number of hydrogen-bond acceptors (Lipinski definition) is 4. The van der Waals surface area contributed by atoms with Crippen LogP contribution < -0.4 is 10.6 Å². The van der Waals surface area contributed by atoms with E-state index in [2.05, 4.69) is 4.83 Å². The third kappa shape index (κ3) is 3.36. The van der Waals surface area contributed by atoms with Crippen LogP contribution in [0.15, 0.2) is 17.0 Å². The van der Waals surface area contributed by atoms with E-state index in [4.69, 9.17) is 17.3 Å². The second kappa shape index (κ2) is 5.62. The van der Waals surface area contributed by atoms with Crippen LogP contribution in [0.25, 0.3) is 0 Å². The molecule has 2 rings (SSSR count). The van der Waals surface area contributed by atoms with Gasteiger partial charge < -0.3 is 5.73 Å². The van der Waals surface area contributed by atoms with Crippen molar-refractivity contribution in [2.45, 2.75) is 24.2 Å². The summed E-state index contributed by atoms with van der Waals surface area (Å²) in [7, 11) is -3.83. The van der Waals surface area contributed by atoms with Crippen LogP contribution in [0.5, 0.6) is 0 Å². The molecule has 0 bridgehead atoms. The van der Waals surface area contributed by atoms with E-state index in [9.17, 15) is 12.8 Å². The van der Waals surface area contributed by atoms with Crippen molar-refractivity contribution in [3.63, 3.8) is 0 Å². The van der Waals surface area contributed by atoms with E-state index in [1.165, 1.54) is 0 Å². The number of nitrogens with one attached hydrogen (secondary N) is 1. The lowest BCUT2D eigenvalue weighted by atomic mass is 10.2. The van der Waals surface area contributed by atoms with E-state index in [-0.39, 0.29) is 15.6 Å². The molecule has 0 radical (unpaired) electrons. The topological polar surface area (TPSA) is 75.4 Å². The van der Waals surface area contributed by atoms with Crippen molar-refractivity contribution in [2.24, 2.45) is 0 Å². The van der Waals surface area contributed by atoms with Crippen LogP contribution in [0.1, 0.15) is 19.3 Å². The lowest BCUT2D eigenvalue weighted by Gasteiger charge is -2.26. The average Bonchev–Trinajstić information content (AvgIpc) is 2.34. The van der Waals surface area contributed by atoms with Gasteiger partial charge in [-0.1, -0.05) is 18.0 Å². The zero-order chi connectivity index (χ0) is 14.0. The molecule has 0 atom stereocenters. The van der Waals surface area contributed by atoms with Gasteiger partial charge in [0.05, 0.1) is 10.7 Å². The van der Waals surface area contributed by atoms with Crippen molar-refractivity contribution in [1.82, 2.24) is 9.84 Å². The van der Waals surface area contributed by atoms with Crippen molar-refractivity contribution in [1.29, 1.82) is 0 Å². The van der Waals surface area contributed by atoms with Gasteiger partial charge in [0.15, 0.2) is 0 Å². The average molecular weight is 308 g/mol. The lowest BCUT2D eigenvalue weighted by Crippen LogP contribution is -2.44. The number of benzene rings is 1. The van der Waals surface area contributed by atoms with Gasteiger partial charge in [-0.3, -0.25) is 0 Å². The van der Waals surface area contributed by atoms with Gasteiger partial charge in [-0.25, -0.2) is 17.8 Å². The molecule has 1 heterocycles. The number of hydrogen-bond donors (Lipinski definition) is 2. The molecule has 1 aromatic carbocycles. The zero-order valence-corrected chi connectivity index (χ0v) is 11.8. The number of nitrogens with two attached hydrogens (primary N) is 1. The van der Waals surface area contributed by atoms with Gasteiger partial charge in [0.2, 0.25) is 0 Å². The molecule has 1 fully saturated rings. The molecule has 1 aliphatic rings. The normalized spacial score (nSPS) is 17.6. The molecule has 0 unspecified atom stereocenters. The summed E-state index contributed by atoms with van der Waals surface area (Å²) < 4.78 is 37.5. The number of hydrazine groups is 1. The first kappa shape index (κ1) is 14.5. The molecule has 0 aromatic heterocycles. The Bertz CT molecular complexity index is 574. The molecule has 1 aliphatic heterocycles. The summed E-state index contributed by atoms with van der Waals surface area (Å²) in [6, 6.07) is 1.94. The van der Waals surface area contributed by atoms with E-state index in [0.717, 1.165) is 31.4 Å². The van der Waals surface area contributed by atoms with Gasteiger partial charge in [-0.15, -0.1) is 4.83 Å². The standard InChI is InChI=1S/C11H15ClFN3O2S/c12-8-6-9(13)10(14)7-11(8)19(17,18)15-16-4-2-1-3-5-16/h6-7,15H,1-5,14H2. The third-order valence-electron chi connectivity index (χ3n) is 2.95. The molecule has 5 nitrogen and oxygen atoms in total. The molecule has 19 heavy (non-hydrogen) atoms. The Labute approximate surface area is 116 Å². The predicted octanol–water partition coefficient (Wildman–Crippen LogP) is 1.74. The number of rotatable bonds is 3. The van der Waals surface area contributed by atoms with Crippen molar-refractivity contribution in [3.8, 4) is 0 Å². The summed E-state index contributed by atoms with van der Waals surface area (Å²) >= 11 is 5.77. The Balaban J connectivity index is 2.26. The zero-order valence-electron chi connectivity index (χ0n) is 10.2. The summed E-state index contributed by atoms with van der Waals surface area (Å²) in [6.45, 7) is 1.29. The van der Waals surface area contributed by atoms with Crippen LogP contribution in [0, 0.1) is 5.82 Å². The smallest absolute Gasteiger partial charge is 0.255 e. The van der Waals surface area contributed by atoms with Gasteiger partial charge in [-0.2, -0.15) is 0 Å². The fourth-order valence-electron chi connectivity index (χ4n) is 1.96. The van der Waals surface area contributed by atoms with E-state index in [1.807, 2.05) is 0 Å². The highest BCUT2D eigenvalue weighted by Gasteiger charge is 2.23. The van der Waals surface area contributed by atoms with Crippen LogP contribution in [0.3, 0.4) is 0 Å². The maximum atomic E-state index is 13.2. The van der Waals surface area contributed by atoms with Crippen molar-refractivity contribution >= 4 is 27.3 Å². The van der Waals surface area contributed by atoms with Gasteiger partial charge in [0.25, 0.3) is 10.0 Å². The summed E-state index contributed by atoms with van der Waals surface area (Å²) in [5.74, 6) is -0.734. The molecule has 0 amide bonds. The molecule has 1 aromatic rings. The van der Waals surface area contributed by atoms with Gasteiger partial charge in [0, 0.05) is 13.1 Å². The molecule has 1 saturated heterocycles. The molecule has 106 valence electrons. The number of anilines is 1. The number of piperidine rings is 1.